The second-order valence-electron chi connectivity index (χ2n) is 5.83. The number of fused-ring (bicyclic) bond motifs is 1. The molecule has 0 amide bonds. The lowest BCUT2D eigenvalue weighted by molar-refractivity contribution is 0.411. The molecule has 6 nitrogen and oxygen atoms in total. The van der Waals surface area contributed by atoms with Gasteiger partial charge in [0.1, 0.15) is 23.2 Å². The quantitative estimate of drug-likeness (QED) is 0.525. The molecule has 136 valence electrons. The van der Waals surface area contributed by atoms with E-state index in [9.17, 15) is 10.2 Å². The molecule has 0 aliphatic carbocycles. The fourth-order valence-electron chi connectivity index (χ4n) is 3.05. The maximum atomic E-state index is 10.4. The number of nitrogens with zero attached hydrogens (tertiary/aromatic N) is 2. The van der Waals surface area contributed by atoms with Gasteiger partial charge >= 0.3 is 0 Å². The predicted molar refractivity (Wildman–Crippen MR) is 108 cm³/mol. The first-order valence-corrected chi connectivity index (χ1v) is 7.58. The van der Waals surface area contributed by atoms with Crippen molar-refractivity contribution in [1.29, 1.82) is 5.41 Å². The van der Waals surface area contributed by atoms with Gasteiger partial charge in [-0.05, 0) is 42.8 Å². The number of amidine groups is 1. The van der Waals surface area contributed by atoms with Gasteiger partial charge in [0.2, 0.25) is 0 Å². The van der Waals surface area contributed by atoms with Gasteiger partial charge in [-0.25, -0.2) is 4.98 Å². The monoisotopic (exact) mass is 392 g/mol. The van der Waals surface area contributed by atoms with Crippen molar-refractivity contribution < 1.29 is 10.2 Å². The molecule has 0 atom stereocenters. The highest BCUT2D eigenvalue weighted by Crippen LogP contribution is 2.33. The number of aromatic amines is 1. The standard InChI is InChI=1S/C18H16N4O2.2ClH/c1-10-8-11(23)6-7-14(10)22-9-15(24)16(17(22)19)18-20-12-4-2-3-5-13(12)21-18;;/h2-8,19,23-24H,9H2,1H3,(H,20,21);2*1H. The Kier molecular flexibility index (Phi) is 5.49. The number of para-hydroxylation sites is 2. The third-order valence-corrected chi connectivity index (χ3v) is 4.20. The summed E-state index contributed by atoms with van der Waals surface area (Å²) in [6.45, 7) is 2.06. The van der Waals surface area contributed by atoms with Crippen molar-refractivity contribution >= 4 is 52.9 Å². The number of aromatic nitrogens is 2. The minimum Gasteiger partial charge on any atom is -0.509 e. The average molecular weight is 393 g/mol. The van der Waals surface area contributed by atoms with Gasteiger partial charge in [0.25, 0.3) is 0 Å². The molecular formula is C18H18Cl2N4O2. The third kappa shape index (κ3) is 3.09. The van der Waals surface area contributed by atoms with Gasteiger partial charge in [-0.2, -0.15) is 0 Å². The Balaban J connectivity index is 0.00000121. The number of imidazole rings is 1. The van der Waals surface area contributed by atoms with Crippen LogP contribution >= 0.6 is 24.8 Å². The minimum absolute atomic E-state index is 0. The van der Waals surface area contributed by atoms with Crippen LogP contribution in [-0.2, 0) is 0 Å². The summed E-state index contributed by atoms with van der Waals surface area (Å²) in [7, 11) is 0. The first kappa shape index (κ1) is 19.6. The van der Waals surface area contributed by atoms with Crippen molar-refractivity contribution in [3.63, 3.8) is 0 Å². The van der Waals surface area contributed by atoms with Crippen LogP contribution in [0.5, 0.6) is 5.75 Å². The summed E-state index contributed by atoms with van der Waals surface area (Å²) in [6.07, 6.45) is 0. The molecule has 0 spiro atoms. The molecule has 26 heavy (non-hydrogen) atoms. The highest BCUT2D eigenvalue weighted by atomic mass is 35.5. The number of hydrogen-bond donors (Lipinski definition) is 4. The van der Waals surface area contributed by atoms with Gasteiger partial charge in [-0.3, -0.25) is 5.41 Å². The first-order valence-electron chi connectivity index (χ1n) is 7.58. The number of halogens is 2. The number of phenols is 1. The van der Waals surface area contributed by atoms with E-state index in [2.05, 4.69) is 9.97 Å². The number of benzene rings is 2. The van der Waals surface area contributed by atoms with Crippen molar-refractivity contribution in [3.05, 3.63) is 59.6 Å². The van der Waals surface area contributed by atoms with E-state index < -0.39 is 0 Å². The van der Waals surface area contributed by atoms with Crippen LogP contribution in [0, 0.1) is 12.3 Å². The Hall–Kier alpha value is -2.70. The molecule has 0 radical (unpaired) electrons. The number of rotatable bonds is 2. The van der Waals surface area contributed by atoms with Crippen LogP contribution in [0.1, 0.15) is 11.4 Å². The van der Waals surface area contributed by atoms with Crippen LogP contribution < -0.4 is 4.90 Å². The summed E-state index contributed by atoms with van der Waals surface area (Å²) in [5.41, 5.74) is 3.66. The molecule has 8 heteroatoms. The first-order chi connectivity index (χ1) is 11.5. The minimum atomic E-state index is 0. The van der Waals surface area contributed by atoms with Crippen LogP contribution in [0.3, 0.4) is 0 Å². The molecule has 3 aromatic rings. The van der Waals surface area contributed by atoms with Crippen LogP contribution in [0.2, 0.25) is 0 Å². The fraction of sp³-hybridized carbons (Fsp3) is 0.111. The SMILES string of the molecule is Cc1cc(O)ccc1N1CC(O)=C(c2nc3ccccc3[nH]2)C1=N.Cl.Cl. The Bertz CT molecular complexity index is 980. The lowest BCUT2D eigenvalue weighted by Gasteiger charge is -2.20. The van der Waals surface area contributed by atoms with E-state index in [1.54, 1.807) is 23.1 Å². The number of nitrogens with one attached hydrogen (secondary N) is 2. The summed E-state index contributed by atoms with van der Waals surface area (Å²) >= 11 is 0. The molecule has 0 bridgehead atoms. The lowest BCUT2D eigenvalue weighted by atomic mass is 10.1. The molecule has 4 rings (SSSR count). The summed E-state index contributed by atoms with van der Waals surface area (Å²) in [5.74, 6) is 0.946. The van der Waals surface area contributed by atoms with E-state index >= 15 is 0 Å². The zero-order chi connectivity index (χ0) is 16.8. The van der Waals surface area contributed by atoms with Crippen molar-refractivity contribution in [2.24, 2.45) is 0 Å². The van der Waals surface area contributed by atoms with Gasteiger partial charge < -0.3 is 20.1 Å². The van der Waals surface area contributed by atoms with E-state index in [4.69, 9.17) is 5.41 Å². The second-order valence-corrected chi connectivity index (χ2v) is 5.83. The highest BCUT2D eigenvalue weighted by molar-refractivity contribution is 6.30. The summed E-state index contributed by atoms with van der Waals surface area (Å²) in [6, 6.07) is 12.5. The molecule has 0 unspecified atom stereocenters. The number of aliphatic hydroxyl groups excluding tert-OH is 1. The average Bonchev–Trinajstić information content (AvgIpc) is 3.08. The number of aryl methyl sites for hydroxylation is 1. The molecule has 0 saturated heterocycles. The maximum absolute atomic E-state index is 10.4. The molecule has 2 heterocycles. The van der Waals surface area contributed by atoms with E-state index in [1.165, 1.54) is 0 Å². The molecule has 2 aromatic carbocycles. The van der Waals surface area contributed by atoms with E-state index in [0.29, 0.717) is 11.4 Å². The Labute approximate surface area is 162 Å². The third-order valence-electron chi connectivity index (χ3n) is 4.20. The molecule has 1 aliphatic rings. The Morgan fingerprint density at radius 3 is 2.54 bits per heavy atom. The van der Waals surface area contributed by atoms with Gasteiger partial charge in [-0.15, -0.1) is 24.8 Å². The number of aromatic hydroxyl groups is 1. The number of hydrogen-bond acceptors (Lipinski definition) is 4. The number of phenolic OH excluding ortho intramolecular Hbond substituents is 1. The highest BCUT2D eigenvalue weighted by Gasteiger charge is 2.31. The molecule has 4 N–H and O–H groups in total. The van der Waals surface area contributed by atoms with Crippen molar-refractivity contribution in [2.45, 2.75) is 6.92 Å². The van der Waals surface area contributed by atoms with Crippen LogP contribution in [0.15, 0.2) is 48.2 Å². The lowest BCUT2D eigenvalue weighted by Crippen LogP contribution is -2.26. The van der Waals surface area contributed by atoms with Crippen molar-refractivity contribution in [1.82, 2.24) is 9.97 Å². The largest absolute Gasteiger partial charge is 0.509 e. The van der Waals surface area contributed by atoms with Crippen molar-refractivity contribution in [2.75, 3.05) is 11.4 Å². The molecule has 0 fully saturated rings. The Morgan fingerprint density at radius 2 is 1.85 bits per heavy atom. The number of H-pyrrole nitrogens is 1. The molecular weight excluding hydrogens is 375 g/mol. The topological polar surface area (TPSA) is 96.2 Å². The maximum Gasteiger partial charge on any atom is 0.145 e. The van der Waals surface area contributed by atoms with Gasteiger partial charge in [0.05, 0.1) is 23.2 Å². The fourth-order valence-corrected chi connectivity index (χ4v) is 3.05. The van der Waals surface area contributed by atoms with Crippen LogP contribution in [0.4, 0.5) is 5.69 Å². The summed E-state index contributed by atoms with van der Waals surface area (Å²) < 4.78 is 0. The van der Waals surface area contributed by atoms with E-state index in [0.717, 1.165) is 22.3 Å². The summed E-state index contributed by atoms with van der Waals surface area (Å²) in [5, 5.41) is 28.4. The normalized spacial score (nSPS) is 13.7. The molecule has 0 saturated carbocycles. The zero-order valence-corrected chi connectivity index (χ0v) is 15.5. The predicted octanol–water partition coefficient (Wildman–Crippen LogP) is 4.19. The van der Waals surface area contributed by atoms with E-state index in [-0.39, 0.29) is 48.7 Å². The van der Waals surface area contributed by atoms with Gasteiger partial charge in [-0.1, -0.05) is 12.1 Å². The molecule has 1 aliphatic heterocycles. The summed E-state index contributed by atoms with van der Waals surface area (Å²) in [4.78, 5) is 9.34. The van der Waals surface area contributed by atoms with Crippen molar-refractivity contribution in [3.8, 4) is 5.75 Å². The number of aliphatic hydroxyl groups is 1. The zero-order valence-electron chi connectivity index (χ0n) is 13.9. The second kappa shape index (κ2) is 7.27. The number of anilines is 1. The van der Waals surface area contributed by atoms with Crippen LogP contribution in [0.25, 0.3) is 16.6 Å². The van der Waals surface area contributed by atoms with E-state index in [1.807, 2.05) is 31.2 Å². The van der Waals surface area contributed by atoms with Crippen LogP contribution in [-0.4, -0.2) is 32.6 Å². The Morgan fingerprint density at radius 1 is 1.12 bits per heavy atom. The molecule has 1 aromatic heterocycles. The van der Waals surface area contributed by atoms with Gasteiger partial charge in [0.15, 0.2) is 0 Å². The van der Waals surface area contributed by atoms with Gasteiger partial charge in [0, 0.05) is 5.69 Å². The smallest absolute Gasteiger partial charge is 0.145 e.